The zero-order valence-corrected chi connectivity index (χ0v) is 10.1. The maximum absolute atomic E-state index is 11.3. The van der Waals surface area contributed by atoms with Gasteiger partial charge in [-0.2, -0.15) is 0 Å². The second-order valence-electron chi connectivity index (χ2n) is 3.64. The van der Waals surface area contributed by atoms with Gasteiger partial charge in [-0.25, -0.2) is 5.48 Å². The molecule has 0 aliphatic heterocycles. The molecule has 0 heterocycles. The fourth-order valence-corrected chi connectivity index (χ4v) is 1.19. The van der Waals surface area contributed by atoms with Crippen molar-refractivity contribution in [3.8, 4) is 0 Å². The number of hydrogen-bond donors (Lipinski definition) is 2. The smallest absolute Gasteiger partial charge is 0.260 e. The summed E-state index contributed by atoms with van der Waals surface area (Å²) < 4.78 is 0. The van der Waals surface area contributed by atoms with E-state index in [1.807, 2.05) is 13.8 Å². The summed E-state index contributed by atoms with van der Waals surface area (Å²) in [5.74, 6) is -0.104. The first-order chi connectivity index (χ1) is 7.22. The van der Waals surface area contributed by atoms with Gasteiger partial charge >= 0.3 is 0 Å². The Kier molecular flexibility index (Phi) is 9.52. The molecular formula is C11H24N2O2. The topological polar surface area (TPSA) is 50.4 Å². The van der Waals surface area contributed by atoms with E-state index in [-0.39, 0.29) is 11.9 Å². The summed E-state index contributed by atoms with van der Waals surface area (Å²) in [6.07, 6.45) is 4.85. The van der Waals surface area contributed by atoms with Gasteiger partial charge in [0.25, 0.3) is 5.91 Å². The average molecular weight is 216 g/mol. The zero-order valence-electron chi connectivity index (χ0n) is 10.1. The highest BCUT2D eigenvalue weighted by Gasteiger charge is 2.10. The maximum Gasteiger partial charge on any atom is 0.260 e. The highest BCUT2D eigenvalue weighted by atomic mass is 16.6. The van der Waals surface area contributed by atoms with Gasteiger partial charge in [-0.05, 0) is 26.8 Å². The quantitative estimate of drug-likeness (QED) is 0.455. The molecule has 0 saturated carbocycles. The van der Waals surface area contributed by atoms with E-state index < -0.39 is 0 Å². The van der Waals surface area contributed by atoms with E-state index in [0.717, 1.165) is 13.0 Å². The molecule has 0 saturated heterocycles. The Bertz CT molecular complexity index is 163. The largest absolute Gasteiger partial charge is 0.306 e. The predicted octanol–water partition coefficient (Wildman–Crippen LogP) is 1.61. The molecule has 0 aliphatic carbocycles. The molecule has 0 aromatic carbocycles. The van der Waals surface area contributed by atoms with Crippen LogP contribution in [0.15, 0.2) is 0 Å². The minimum absolute atomic E-state index is 0.104. The number of hydrogen-bond acceptors (Lipinski definition) is 3. The molecule has 15 heavy (non-hydrogen) atoms. The van der Waals surface area contributed by atoms with Crippen molar-refractivity contribution in [2.75, 3.05) is 13.2 Å². The fraction of sp³-hybridized carbons (Fsp3) is 0.909. The molecule has 0 fully saturated rings. The number of unbranched alkanes of at least 4 members (excludes halogenated alkanes) is 3. The molecule has 0 rings (SSSR count). The number of nitrogens with one attached hydrogen (secondary N) is 2. The molecule has 2 N–H and O–H groups in total. The van der Waals surface area contributed by atoms with E-state index in [0.29, 0.717) is 6.61 Å². The third-order valence-corrected chi connectivity index (χ3v) is 2.19. The monoisotopic (exact) mass is 216 g/mol. The maximum atomic E-state index is 11.3. The lowest BCUT2D eigenvalue weighted by Crippen LogP contribution is -2.42. The third-order valence-electron chi connectivity index (χ3n) is 2.19. The predicted molar refractivity (Wildman–Crippen MR) is 61.4 cm³/mol. The second kappa shape index (κ2) is 9.93. The van der Waals surface area contributed by atoms with E-state index >= 15 is 0 Å². The Labute approximate surface area is 92.7 Å². The first-order valence-corrected chi connectivity index (χ1v) is 5.87. The van der Waals surface area contributed by atoms with Crippen molar-refractivity contribution in [2.24, 2.45) is 0 Å². The average Bonchev–Trinajstić information content (AvgIpc) is 2.25. The lowest BCUT2D eigenvalue weighted by atomic mass is 10.2. The zero-order chi connectivity index (χ0) is 11.5. The van der Waals surface area contributed by atoms with E-state index in [2.05, 4.69) is 17.7 Å². The molecule has 90 valence electrons. The molecule has 0 aromatic rings. The van der Waals surface area contributed by atoms with E-state index in [9.17, 15) is 4.79 Å². The summed E-state index contributed by atoms with van der Waals surface area (Å²) >= 11 is 0. The van der Waals surface area contributed by atoms with Crippen LogP contribution in [-0.4, -0.2) is 25.1 Å². The Balaban J connectivity index is 3.38. The molecule has 4 nitrogen and oxygen atoms in total. The molecule has 0 aliphatic rings. The van der Waals surface area contributed by atoms with Gasteiger partial charge in [0.05, 0.1) is 12.6 Å². The summed E-state index contributed by atoms with van der Waals surface area (Å²) in [7, 11) is 0. The van der Waals surface area contributed by atoms with Crippen molar-refractivity contribution >= 4 is 5.91 Å². The highest BCUT2D eigenvalue weighted by molar-refractivity contribution is 5.80. The molecular weight excluding hydrogens is 192 g/mol. The van der Waals surface area contributed by atoms with E-state index in [4.69, 9.17) is 4.84 Å². The number of rotatable bonds is 9. The van der Waals surface area contributed by atoms with Crippen molar-refractivity contribution in [3.05, 3.63) is 0 Å². The van der Waals surface area contributed by atoms with Crippen LogP contribution in [0.2, 0.25) is 0 Å². The summed E-state index contributed by atoms with van der Waals surface area (Å²) in [6.45, 7) is 7.25. The number of amides is 1. The van der Waals surface area contributed by atoms with Crippen molar-refractivity contribution in [3.63, 3.8) is 0 Å². The molecule has 0 spiro atoms. The van der Waals surface area contributed by atoms with Crippen LogP contribution in [0.4, 0.5) is 0 Å². The molecule has 1 unspecified atom stereocenters. The van der Waals surface area contributed by atoms with Gasteiger partial charge in [0.1, 0.15) is 0 Å². The minimum atomic E-state index is -0.182. The normalized spacial score (nSPS) is 12.5. The number of carbonyl (C=O) groups excluding carboxylic acids is 1. The molecule has 1 atom stereocenters. The van der Waals surface area contributed by atoms with Gasteiger partial charge in [0.2, 0.25) is 0 Å². The van der Waals surface area contributed by atoms with Crippen molar-refractivity contribution in [1.82, 2.24) is 10.8 Å². The van der Waals surface area contributed by atoms with Crippen LogP contribution in [0.3, 0.4) is 0 Å². The van der Waals surface area contributed by atoms with Gasteiger partial charge in [-0.15, -0.1) is 0 Å². The molecule has 0 bridgehead atoms. The molecule has 4 heteroatoms. The minimum Gasteiger partial charge on any atom is -0.306 e. The SMILES string of the molecule is CCCCCCNC(C)C(=O)NOCC. The van der Waals surface area contributed by atoms with Gasteiger partial charge in [0.15, 0.2) is 0 Å². The number of hydroxylamine groups is 1. The summed E-state index contributed by atoms with van der Waals surface area (Å²) in [4.78, 5) is 16.1. The van der Waals surface area contributed by atoms with Crippen LogP contribution in [0.5, 0.6) is 0 Å². The summed E-state index contributed by atoms with van der Waals surface area (Å²) in [6, 6.07) is -0.182. The second-order valence-corrected chi connectivity index (χ2v) is 3.64. The van der Waals surface area contributed by atoms with Crippen LogP contribution < -0.4 is 10.8 Å². The van der Waals surface area contributed by atoms with Gasteiger partial charge in [-0.3, -0.25) is 9.63 Å². The Morgan fingerprint density at radius 3 is 2.60 bits per heavy atom. The Morgan fingerprint density at radius 2 is 2.00 bits per heavy atom. The summed E-state index contributed by atoms with van der Waals surface area (Å²) in [5.41, 5.74) is 2.38. The molecule has 1 amide bonds. The summed E-state index contributed by atoms with van der Waals surface area (Å²) in [5, 5.41) is 3.16. The molecule has 0 radical (unpaired) electrons. The fourth-order valence-electron chi connectivity index (χ4n) is 1.19. The Morgan fingerprint density at radius 1 is 1.27 bits per heavy atom. The lowest BCUT2D eigenvalue weighted by Gasteiger charge is -2.13. The first kappa shape index (κ1) is 14.4. The van der Waals surface area contributed by atoms with E-state index in [1.54, 1.807) is 0 Å². The van der Waals surface area contributed by atoms with Gasteiger partial charge in [-0.1, -0.05) is 26.2 Å². The standard InChI is InChI=1S/C11H24N2O2/c1-4-6-7-8-9-12-10(3)11(14)13-15-5-2/h10,12H,4-9H2,1-3H3,(H,13,14). The molecule has 0 aromatic heterocycles. The van der Waals surface area contributed by atoms with Crippen LogP contribution in [0.1, 0.15) is 46.5 Å². The van der Waals surface area contributed by atoms with Crippen molar-refractivity contribution in [2.45, 2.75) is 52.5 Å². The van der Waals surface area contributed by atoms with E-state index in [1.165, 1.54) is 19.3 Å². The lowest BCUT2D eigenvalue weighted by molar-refractivity contribution is -0.134. The van der Waals surface area contributed by atoms with Crippen LogP contribution in [-0.2, 0) is 9.63 Å². The van der Waals surface area contributed by atoms with Crippen LogP contribution in [0.25, 0.3) is 0 Å². The Hall–Kier alpha value is -0.610. The third kappa shape index (κ3) is 8.39. The van der Waals surface area contributed by atoms with Crippen LogP contribution in [0, 0.1) is 0 Å². The highest BCUT2D eigenvalue weighted by Crippen LogP contribution is 1.97. The number of carbonyl (C=O) groups is 1. The first-order valence-electron chi connectivity index (χ1n) is 5.87. The van der Waals surface area contributed by atoms with Crippen molar-refractivity contribution < 1.29 is 9.63 Å². The van der Waals surface area contributed by atoms with Gasteiger partial charge in [0, 0.05) is 0 Å². The van der Waals surface area contributed by atoms with Gasteiger partial charge < -0.3 is 5.32 Å². The van der Waals surface area contributed by atoms with Crippen LogP contribution >= 0.6 is 0 Å². The van der Waals surface area contributed by atoms with Crippen molar-refractivity contribution in [1.29, 1.82) is 0 Å².